The molecule has 0 saturated carbocycles. The van der Waals surface area contributed by atoms with E-state index in [2.05, 4.69) is 10.2 Å². The maximum atomic E-state index is 11.7. The third-order valence-corrected chi connectivity index (χ3v) is 4.57. The lowest BCUT2D eigenvalue weighted by Gasteiger charge is -2.50. The fraction of sp³-hybridized carbons (Fsp3) is 0.917. The van der Waals surface area contributed by atoms with Gasteiger partial charge in [-0.1, -0.05) is 0 Å². The van der Waals surface area contributed by atoms with Crippen LogP contribution in [0, 0.1) is 5.41 Å². The lowest BCUT2D eigenvalue weighted by Crippen LogP contribution is -2.61. The van der Waals surface area contributed by atoms with Gasteiger partial charge in [0, 0.05) is 13.1 Å². The van der Waals surface area contributed by atoms with Crippen LogP contribution in [0.25, 0.3) is 0 Å². The van der Waals surface area contributed by atoms with Crippen LogP contribution in [0.2, 0.25) is 0 Å². The zero-order valence-electron chi connectivity index (χ0n) is 10.4. The molecule has 0 spiro atoms. The molecule has 0 aromatic rings. The number of carbonyl (C=O) groups is 1. The van der Waals surface area contributed by atoms with Crippen molar-refractivity contribution in [3.63, 3.8) is 0 Å². The monoisotopic (exact) mass is 242 g/mol. The largest absolute Gasteiger partial charge is 0.481 e. The van der Waals surface area contributed by atoms with Crippen LogP contribution in [0.4, 0.5) is 0 Å². The van der Waals surface area contributed by atoms with Crippen LogP contribution in [0.5, 0.6) is 0 Å². The molecule has 2 saturated heterocycles. The number of nitrogens with zero attached hydrogens (tertiary/aromatic N) is 1. The molecule has 0 atom stereocenters. The number of aliphatic carboxylic acids is 1. The third kappa shape index (κ3) is 2.07. The summed E-state index contributed by atoms with van der Waals surface area (Å²) in [5.41, 5.74) is -1.98. The maximum Gasteiger partial charge on any atom is 0.312 e. The molecule has 5 nitrogen and oxygen atoms in total. The van der Waals surface area contributed by atoms with E-state index in [0.717, 1.165) is 13.1 Å². The Morgan fingerprint density at radius 1 is 1.18 bits per heavy atom. The molecule has 0 aromatic carbocycles. The minimum Gasteiger partial charge on any atom is -0.481 e. The van der Waals surface area contributed by atoms with Gasteiger partial charge in [0.1, 0.15) is 0 Å². The number of nitrogens with one attached hydrogen (secondary N) is 1. The van der Waals surface area contributed by atoms with Gasteiger partial charge in [-0.05, 0) is 45.8 Å². The van der Waals surface area contributed by atoms with Gasteiger partial charge in [0.15, 0.2) is 0 Å². The van der Waals surface area contributed by atoms with E-state index in [9.17, 15) is 15.0 Å². The smallest absolute Gasteiger partial charge is 0.312 e. The number of aliphatic hydroxyl groups is 1. The van der Waals surface area contributed by atoms with Crippen molar-refractivity contribution in [2.24, 2.45) is 5.41 Å². The Labute approximate surface area is 102 Å². The van der Waals surface area contributed by atoms with Gasteiger partial charge in [0.05, 0.1) is 11.0 Å². The maximum absolute atomic E-state index is 11.7. The Bertz CT molecular complexity index is 292. The molecule has 0 radical (unpaired) electrons. The first-order valence-corrected chi connectivity index (χ1v) is 6.35. The number of rotatable bonds is 2. The van der Waals surface area contributed by atoms with Crippen LogP contribution < -0.4 is 5.32 Å². The normalized spacial score (nSPS) is 28.8. The summed E-state index contributed by atoms with van der Waals surface area (Å²) in [7, 11) is 2.01. The molecule has 2 aliphatic heterocycles. The van der Waals surface area contributed by atoms with Crippen LogP contribution in [-0.2, 0) is 4.79 Å². The molecule has 3 N–H and O–H groups in total. The lowest BCUT2D eigenvalue weighted by molar-refractivity contribution is -0.182. The second-order valence-electron chi connectivity index (χ2n) is 5.47. The number of hydrogen-bond acceptors (Lipinski definition) is 4. The highest BCUT2D eigenvalue weighted by Crippen LogP contribution is 2.45. The predicted octanol–water partition coefficient (Wildman–Crippen LogP) is -0.103. The summed E-state index contributed by atoms with van der Waals surface area (Å²) in [6, 6.07) is 0. The molecule has 2 rings (SSSR count). The van der Waals surface area contributed by atoms with Gasteiger partial charge in [-0.3, -0.25) is 4.79 Å². The summed E-state index contributed by atoms with van der Waals surface area (Å²) >= 11 is 0. The highest BCUT2D eigenvalue weighted by molar-refractivity contribution is 5.76. The van der Waals surface area contributed by atoms with Gasteiger partial charge in [0.2, 0.25) is 0 Å². The van der Waals surface area contributed by atoms with Crippen LogP contribution in [-0.4, -0.2) is 59.9 Å². The molecule has 2 fully saturated rings. The van der Waals surface area contributed by atoms with Crippen molar-refractivity contribution in [2.45, 2.75) is 31.3 Å². The number of hydrogen-bond donors (Lipinski definition) is 3. The fourth-order valence-electron chi connectivity index (χ4n) is 3.20. The van der Waals surface area contributed by atoms with Crippen LogP contribution >= 0.6 is 0 Å². The minimum absolute atomic E-state index is 0.530. The highest BCUT2D eigenvalue weighted by Gasteiger charge is 2.56. The standard InChI is InChI=1S/C12H22N2O3/c1-14-8-4-12(17,5-9-14)11(10(15)16)2-6-13-7-3-11/h13,17H,2-9H2,1H3,(H,15,16). The average molecular weight is 242 g/mol. The third-order valence-electron chi connectivity index (χ3n) is 4.57. The van der Waals surface area contributed by atoms with Crippen molar-refractivity contribution in [3.05, 3.63) is 0 Å². The van der Waals surface area contributed by atoms with E-state index in [1.165, 1.54) is 0 Å². The van der Waals surface area contributed by atoms with Crippen molar-refractivity contribution in [2.75, 3.05) is 33.2 Å². The van der Waals surface area contributed by atoms with Crippen molar-refractivity contribution < 1.29 is 15.0 Å². The van der Waals surface area contributed by atoms with Crippen molar-refractivity contribution in [1.82, 2.24) is 10.2 Å². The van der Waals surface area contributed by atoms with E-state index < -0.39 is 17.0 Å². The van der Waals surface area contributed by atoms with Gasteiger partial charge >= 0.3 is 5.97 Å². The summed E-state index contributed by atoms with van der Waals surface area (Å²) in [4.78, 5) is 13.8. The molecule has 0 unspecified atom stereocenters. The Hall–Kier alpha value is -0.650. The molecule has 2 aliphatic rings. The van der Waals surface area contributed by atoms with E-state index in [-0.39, 0.29) is 0 Å². The van der Waals surface area contributed by atoms with Gasteiger partial charge in [0.25, 0.3) is 0 Å². The molecule has 0 bridgehead atoms. The Morgan fingerprint density at radius 2 is 1.71 bits per heavy atom. The van der Waals surface area contributed by atoms with Gasteiger partial charge in [-0.15, -0.1) is 0 Å². The lowest BCUT2D eigenvalue weighted by atomic mass is 9.62. The number of carboxylic acids is 1. The fourth-order valence-corrected chi connectivity index (χ4v) is 3.20. The first kappa shape index (κ1) is 12.8. The summed E-state index contributed by atoms with van der Waals surface area (Å²) in [6.45, 7) is 2.92. The Kier molecular flexibility index (Phi) is 3.43. The molecule has 2 heterocycles. The molecular weight excluding hydrogens is 220 g/mol. The second kappa shape index (κ2) is 4.55. The Morgan fingerprint density at radius 3 is 2.18 bits per heavy atom. The first-order valence-electron chi connectivity index (χ1n) is 6.35. The second-order valence-corrected chi connectivity index (χ2v) is 5.47. The molecule has 98 valence electrons. The van der Waals surface area contributed by atoms with Gasteiger partial charge in [-0.25, -0.2) is 0 Å². The van der Waals surface area contributed by atoms with Crippen molar-refractivity contribution in [3.8, 4) is 0 Å². The zero-order chi connectivity index (χ0) is 12.5. The first-order chi connectivity index (χ1) is 8.00. The van der Waals surface area contributed by atoms with Crippen molar-refractivity contribution >= 4 is 5.97 Å². The molecular formula is C12H22N2O3. The van der Waals surface area contributed by atoms with E-state index in [1.54, 1.807) is 0 Å². The number of carboxylic acid groups (broad SMARTS) is 1. The van der Waals surface area contributed by atoms with Crippen LogP contribution in [0.15, 0.2) is 0 Å². The summed E-state index contributed by atoms with van der Waals surface area (Å²) in [6.07, 6.45) is 2.19. The highest BCUT2D eigenvalue weighted by atomic mass is 16.4. The Balaban J connectivity index is 2.23. The van der Waals surface area contributed by atoms with E-state index >= 15 is 0 Å². The van der Waals surface area contributed by atoms with E-state index in [4.69, 9.17) is 0 Å². The minimum atomic E-state index is -1.03. The summed E-state index contributed by atoms with van der Waals surface area (Å²) in [5, 5.41) is 23.5. The quantitative estimate of drug-likeness (QED) is 0.630. The topological polar surface area (TPSA) is 72.8 Å². The average Bonchev–Trinajstić information content (AvgIpc) is 2.34. The number of piperidine rings is 2. The molecule has 0 aliphatic carbocycles. The zero-order valence-corrected chi connectivity index (χ0v) is 10.4. The molecule has 0 aromatic heterocycles. The van der Waals surface area contributed by atoms with Crippen LogP contribution in [0.3, 0.4) is 0 Å². The van der Waals surface area contributed by atoms with Crippen LogP contribution in [0.1, 0.15) is 25.7 Å². The van der Waals surface area contributed by atoms with E-state index in [1.807, 2.05) is 7.05 Å². The SMILES string of the molecule is CN1CCC(O)(C2(C(=O)O)CCNCC2)CC1. The molecule has 0 amide bonds. The predicted molar refractivity (Wildman–Crippen MR) is 63.9 cm³/mol. The summed E-state index contributed by atoms with van der Waals surface area (Å²) < 4.78 is 0. The molecule has 17 heavy (non-hydrogen) atoms. The van der Waals surface area contributed by atoms with E-state index in [0.29, 0.717) is 38.8 Å². The summed E-state index contributed by atoms with van der Waals surface area (Å²) in [5.74, 6) is -0.828. The number of likely N-dealkylation sites (tertiary alicyclic amines) is 1. The van der Waals surface area contributed by atoms with Gasteiger partial charge < -0.3 is 20.4 Å². The van der Waals surface area contributed by atoms with Crippen molar-refractivity contribution in [1.29, 1.82) is 0 Å². The van der Waals surface area contributed by atoms with Gasteiger partial charge in [-0.2, -0.15) is 0 Å². The molecule has 5 heteroatoms.